The van der Waals surface area contributed by atoms with Gasteiger partial charge >= 0.3 is 0 Å². The van der Waals surface area contributed by atoms with Crippen molar-refractivity contribution in [1.82, 2.24) is 20.5 Å². The van der Waals surface area contributed by atoms with Crippen LogP contribution in [0.4, 0.5) is 0 Å². The van der Waals surface area contributed by atoms with Gasteiger partial charge in [-0.3, -0.25) is 14.9 Å². The number of nitrogens with one attached hydrogen (secondary N) is 2. The van der Waals surface area contributed by atoms with Gasteiger partial charge in [-0.2, -0.15) is 5.10 Å². The van der Waals surface area contributed by atoms with Gasteiger partial charge in [-0.25, -0.2) is 0 Å². The number of methoxy groups -OCH3 is 1. The number of H-pyrrole nitrogens is 1. The fourth-order valence-electron chi connectivity index (χ4n) is 2.48. The van der Waals surface area contributed by atoms with Crippen molar-refractivity contribution in [3.63, 3.8) is 0 Å². The standard InChI is InChI=1S/C18H17ClN4O2/c1-25-11-16(15-4-2-3-9-20-15)22-18(24)14-10-21-23-17(14)12-5-7-13(19)8-6-12/h2-10,16H,11H2,1H3,(H,21,23)(H,22,24)/t16-/m1/s1. The Morgan fingerprint density at radius 3 is 2.76 bits per heavy atom. The molecule has 7 heteroatoms. The van der Waals surface area contributed by atoms with Gasteiger partial charge in [0.1, 0.15) is 0 Å². The maximum atomic E-state index is 12.7. The molecule has 0 unspecified atom stereocenters. The highest BCUT2D eigenvalue weighted by Crippen LogP contribution is 2.23. The second-order valence-corrected chi connectivity index (χ2v) is 5.84. The summed E-state index contributed by atoms with van der Waals surface area (Å²) in [6, 6.07) is 12.4. The number of aromatic nitrogens is 3. The van der Waals surface area contributed by atoms with E-state index in [4.69, 9.17) is 16.3 Å². The zero-order valence-electron chi connectivity index (χ0n) is 13.6. The lowest BCUT2D eigenvalue weighted by atomic mass is 10.1. The first-order valence-corrected chi connectivity index (χ1v) is 8.07. The van der Waals surface area contributed by atoms with Crippen LogP contribution in [0.5, 0.6) is 0 Å². The molecule has 0 radical (unpaired) electrons. The topological polar surface area (TPSA) is 79.9 Å². The second-order valence-electron chi connectivity index (χ2n) is 5.40. The predicted octanol–water partition coefficient (Wildman–Crippen LogP) is 3.24. The maximum Gasteiger partial charge on any atom is 0.255 e. The summed E-state index contributed by atoms with van der Waals surface area (Å²) in [5.41, 5.74) is 2.63. The smallest absolute Gasteiger partial charge is 0.255 e. The lowest BCUT2D eigenvalue weighted by molar-refractivity contribution is 0.0895. The molecule has 6 nitrogen and oxygen atoms in total. The molecule has 0 aliphatic carbocycles. The summed E-state index contributed by atoms with van der Waals surface area (Å²) in [7, 11) is 1.58. The van der Waals surface area contributed by atoms with Gasteiger partial charge in [-0.15, -0.1) is 0 Å². The first-order chi connectivity index (χ1) is 12.2. The van der Waals surface area contributed by atoms with Crippen molar-refractivity contribution in [1.29, 1.82) is 0 Å². The van der Waals surface area contributed by atoms with Gasteiger partial charge in [0, 0.05) is 23.9 Å². The van der Waals surface area contributed by atoms with Crippen LogP contribution in [0.15, 0.2) is 54.9 Å². The number of amides is 1. The minimum absolute atomic E-state index is 0.258. The van der Waals surface area contributed by atoms with E-state index in [9.17, 15) is 4.79 Å². The molecule has 0 spiro atoms. The first-order valence-electron chi connectivity index (χ1n) is 7.69. The maximum absolute atomic E-state index is 12.7. The Morgan fingerprint density at radius 1 is 1.28 bits per heavy atom. The summed E-state index contributed by atoms with van der Waals surface area (Å²) in [6.45, 7) is 0.316. The van der Waals surface area contributed by atoms with Gasteiger partial charge in [0.25, 0.3) is 5.91 Å². The number of hydrogen-bond acceptors (Lipinski definition) is 4. The second kappa shape index (κ2) is 7.92. The lowest BCUT2D eigenvalue weighted by Gasteiger charge is -2.17. The lowest BCUT2D eigenvalue weighted by Crippen LogP contribution is -2.32. The number of ether oxygens (including phenoxy) is 1. The zero-order chi connectivity index (χ0) is 17.6. The molecule has 2 aromatic heterocycles. The number of pyridine rings is 1. The number of nitrogens with zero attached hydrogens (tertiary/aromatic N) is 2. The molecular formula is C18H17ClN4O2. The third-order valence-corrected chi connectivity index (χ3v) is 3.95. The van der Waals surface area contributed by atoms with Crippen molar-refractivity contribution >= 4 is 17.5 Å². The summed E-state index contributed by atoms with van der Waals surface area (Å²) in [6.07, 6.45) is 3.18. The van der Waals surface area contributed by atoms with Crippen LogP contribution in [-0.4, -0.2) is 34.8 Å². The number of hydrogen-bond donors (Lipinski definition) is 2. The molecule has 1 aromatic carbocycles. The van der Waals surface area contributed by atoms with Crippen LogP contribution in [0, 0.1) is 0 Å². The minimum atomic E-state index is -0.355. The van der Waals surface area contributed by atoms with Gasteiger partial charge in [-0.1, -0.05) is 29.8 Å². The van der Waals surface area contributed by atoms with Crippen molar-refractivity contribution in [3.05, 3.63) is 71.1 Å². The first kappa shape index (κ1) is 17.1. The van der Waals surface area contributed by atoms with Crippen LogP contribution in [0.2, 0.25) is 5.02 Å². The molecule has 1 atom stereocenters. The van der Waals surface area contributed by atoms with E-state index in [1.165, 1.54) is 6.20 Å². The molecule has 3 aromatic rings. The SMILES string of the molecule is COC[C@@H](NC(=O)c1cn[nH]c1-c1ccc(Cl)cc1)c1ccccn1. The van der Waals surface area contributed by atoms with Crippen molar-refractivity contribution in [2.75, 3.05) is 13.7 Å². The van der Waals surface area contributed by atoms with Crippen molar-refractivity contribution < 1.29 is 9.53 Å². The van der Waals surface area contributed by atoms with Crippen LogP contribution in [0.3, 0.4) is 0 Å². The zero-order valence-corrected chi connectivity index (χ0v) is 14.3. The molecule has 0 aliphatic heterocycles. The minimum Gasteiger partial charge on any atom is -0.382 e. The highest BCUT2D eigenvalue weighted by molar-refractivity contribution is 6.30. The van der Waals surface area contributed by atoms with Crippen LogP contribution in [-0.2, 0) is 4.74 Å². The molecule has 2 heterocycles. The molecule has 2 N–H and O–H groups in total. The van der Waals surface area contributed by atoms with E-state index >= 15 is 0 Å². The summed E-state index contributed by atoms with van der Waals surface area (Å²) in [4.78, 5) is 17.0. The van der Waals surface area contributed by atoms with Gasteiger partial charge in [-0.05, 0) is 24.3 Å². The average molecular weight is 357 g/mol. The van der Waals surface area contributed by atoms with Crippen LogP contribution in [0.25, 0.3) is 11.3 Å². The summed E-state index contributed by atoms with van der Waals surface area (Å²) < 4.78 is 5.21. The molecule has 128 valence electrons. The summed E-state index contributed by atoms with van der Waals surface area (Å²) in [5, 5.41) is 10.4. The molecular weight excluding hydrogens is 340 g/mol. The van der Waals surface area contributed by atoms with Gasteiger partial charge in [0.2, 0.25) is 0 Å². The van der Waals surface area contributed by atoms with Crippen molar-refractivity contribution in [3.8, 4) is 11.3 Å². The number of halogens is 1. The molecule has 0 saturated carbocycles. The monoisotopic (exact) mass is 356 g/mol. The molecule has 25 heavy (non-hydrogen) atoms. The van der Waals surface area contributed by atoms with Crippen molar-refractivity contribution in [2.45, 2.75) is 6.04 Å². The van der Waals surface area contributed by atoms with Gasteiger partial charge < -0.3 is 10.1 Å². The van der Waals surface area contributed by atoms with Crippen LogP contribution in [0.1, 0.15) is 22.1 Å². The third-order valence-electron chi connectivity index (χ3n) is 3.70. The van der Waals surface area contributed by atoms with Crippen LogP contribution >= 0.6 is 11.6 Å². The normalized spacial score (nSPS) is 11.9. The Kier molecular flexibility index (Phi) is 5.42. The fraction of sp³-hybridized carbons (Fsp3) is 0.167. The van der Waals surface area contributed by atoms with E-state index in [1.54, 1.807) is 25.4 Å². The molecule has 1 amide bonds. The van der Waals surface area contributed by atoms with Gasteiger partial charge in [0.05, 0.1) is 35.8 Å². The summed E-state index contributed by atoms with van der Waals surface area (Å²) >= 11 is 5.92. The third kappa shape index (κ3) is 4.04. The Labute approximate surface area is 150 Å². The Balaban J connectivity index is 1.83. The molecule has 0 bridgehead atoms. The average Bonchev–Trinajstić information content (AvgIpc) is 3.12. The van der Waals surface area contributed by atoms with E-state index < -0.39 is 0 Å². The Hall–Kier alpha value is -2.70. The van der Waals surface area contributed by atoms with Crippen molar-refractivity contribution in [2.24, 2.45) is 0 Å². The quantitative estimate of drug-likeness (QED) is 0.710. The highest BCUT2D eigenvalue weighted by Gasteiger charge is 2.20. The number of aromatic amines is 1. The molecule has 0 fully saturated rings. The largest absolute Gasteiger partial charge is 0.382 e. The van der Waals surface area contributed by atoms with Crippen LogP contribution < -0.4 is 5.32 Å². The van der Waals surface area contributed by atoms with E-state index in [-0.39, 0.29) is 11.9 Å². The molecule has 0 aliphatic rings. The number of carbonyl (C=O) groups excluding carboxylic acids is 1. The predicted molar refractivity (Wildman–Crippen MR) is 95.4 cm³/mol. The number of carbonyl (C=O) groups is 1. The van der Waals surface area contributed by atoms with E-state index in [1.807, 2.05) is 30.3 Å². The Morgan fingerprint density at radius 2 is 2.08 bits per heavy atom. The van der Waals surface area contributed by atoms with E-state index in [2.05, 4.69) is 20.5 Å². The number of benzene rings is 1. The Bertz CT molecular complexity index is 834. The number of rotatable bonds is 6. The van der Waals surface area contributed by atoms with E-state index in [0.717, 1.165) is 11.3 Å². The molecule has 0 saturated heterocycles. The fourth-order valence-corrected chi connectivity index (χ4v) is 2.61. The van der Waals surface area contributed by atoms with Gasteiger partial charge in [0.15, 0.2) is 0 Å². The highest BCUT2D eigenvalue weighted by atomic mass is 35.5. The van der Waals surface area contributed by atoms with E-state index in [0.29, 0.717) is 22.9 Å². The molecule has 3 rings (SSSR count). The summed E-state index contributed by atoms with van der Waals surface area (Å²) in [5.74, 6) is -0.258.